The molecule has 1 aliphatic rings. The zero-order valence-electron chi connectivity index (χ0n) is 10.0. The maximum Gasteiger partial charge on any atom is 0.350 e. The van der Waals surface area contributed by atoms with E-state index in [1.165, 1.54) is 7.11 Å². The number of thiophene rings is 1. The van der Waals surface area contributed by atoms with Crippen LogP contribution in [0.2, 0.25) is 0 Å². The number of methoxy groups -OCH3 is 1. The van der Waals surface area contributed by atoms with Gasteiger partial charge in [-0.05, 0) is 12.8 Å². The predicted molar refractivity (Wildman–Crippen MR) is 69.8 cm³/mol. The molecule has 1 fully saturated rings. The first-order valence-electron chi connectivity index (χ1n) is 5.31. The van der Waals surface area contributed by atoms with Crippen molar-refractivity contribution >= 4 is 37.8 Å². The van der Waals surface area contributed by atoms with Crippen LogP contribution < -0.4 is 11.1 Å². The second kappa shape index (κ2) is 4.43. The molecule has 1 aromatic heterocycles. The van der Waals surface area contributed by atoms with Gasteiger partial charge in [0.15, 0.2) is 9.84 Å². The summed E-state index contributed by atoms with van der Waals surface area (Å²) in [5.41, 5.74) is 5.72. The smallest absolute Gasteiger partial charge is 0.350 e. The molecule has 0 atom stereocenters. The SMILES string of the molecule is COC(=O)c1sc(NC2CC2)c(S(C)(=O)=O)c1N. The monoisotopic (exact) mass is 290 g/mol. The van der Waals surface area contributed by atoms with E-state index < -0.39 is 15.8 Å². The molecule has 18 heavy (non-hydrogen) atoms. The van der Waals surface area contributed by atoms with E-state index in [9.17, 15) is 13.2 Å². The van der Waals surface area contributed by atoms with Crippen LogP contribution in [0.1, 0.15) is 22.5 Å². The summed E-state index contributed by atoms with van der Waals surface area (Å²) >= 11 is 1.02. The molecule has 1 aromatic rings. The Labute approximate surface area is 109 Å². The number of sulfone groups is 1. The molecule has 100 valence electrons. The van der Waals surface area contributed by atoms with Gasteiger partial charge in [-0.1, -0.05) is 0 Å². The number of carbonyl (C=O) groups excluding carboxylic acids is 1. The number of carbonyl (C=O) groups is 1. The van der Waals surface area contributed by atoms with E-state index in [1.54, 1.807) is 0 Å². The van der Waals surface area contributed by atoms with Crippen LogP contribution >= 0.6 is 11.3 Å². The molecule has 8 heteroatoms. The number of nitrogens with one attached hydrogen (secondary N) is 1. The summed E-state index contributed by atoms with van der Waals surface area (Å²) in [5, 5.41) is 3.51. The van der Waals surface area contributed by atoms with Crippen molar-refractivity contribution in [2.45, 2.75) is 23.8 Å². The van der Waals surface area contributed by atoms with Crippen molar-refractivity contribution in [3.05, 3.63) is 4.88 Å². The molecule has 6 nitrogen and oxygen atoms in total. The molecule has 0 unspecified atom stereocenters. The van der Waals surface area contributed by atoms with Gasteiger partial charge in [-0.2, -0.15) is 0 Å². The lowest BCUT2D eigenvalue weighted by atomic mass is 10.4. The van der Waals surface area contributed by atoms with Gasteiger partial charge in [0, 0.05) is 12.3 Å². The highest BCUT2D eigenvalue weighted by Crippen LogP contribution is 2.41. The Kier molecular flexibility index (Phi) is 3.24. The Morgan fingerprint density at radius 2 is 2.11 bits per heavy atom. The van der Waals surface area contributed by atoms with Crippen LogP contribution in [0.4, 0.5) is 10.7 Å². The van der Waals surface area contributed by atoms with Crippen LogP contribution in [0.25, 0.3) is 0 Å². The van der Waals surface area contributed by atoms with E-state index in [0.717, 1.165) is 30.4 Å². The van der Waals surface area contributed by atoms with Crippen LogP contribution in [0.3, 0.4) is 0 Å². The second-order valence-corrected chi connectivity index (χ2v) is 7.16. The zero-order valence-corrected chi connectivity index (χ0v) is 11.7. The van der Waals surface area contributed by atoms with Gasteiger partial charge >= 0.3 is 5.97 Å². The van der Waals surface area contributed by atoms with E-state index in [2.05, 4.69) is 10.1 Å². The van der Waals surface area contributed by atoms with Gasteiger partial charge in [-0.15, -0.1) is 11.3 Å². The Morgan fingerprint density at radius 1 is 1.50 bits per heavy atom. The highest BCUT2D eigenvalue weighted by Gasteiger charge is 2.31. The molecule has 0 bridgehead atoms. The van der Waals surface area contributed by atoms with Gasteiger partial charge < -0.3 is 15.8 Å². The molecule has 1 heterocycles. The standard InChI is InChI=1S/C10H14N2O4S2/c1-16-10(13)7-6(11)8(18(2,14)15)9(17-7)12-5-3-4-5/h5,12H,3-4,11H2,1-2H3. The van der Waals surface area contributed by atoms with Gasteiger partial charge in [-0.3, -0.25) is 0 Å². The third-order valence-corrected chi connectivity index (χ3v) is 4.97. The normalized spacial score (nSPS) is 15.4. The molecule has 0 amide bonds. The van der Waals surface area contributed by atoms with Gasteiger partial charge in [0.2, 0.25) is 0 Å². The highest BCUT2D eigenvalue weighted by atomic mass is 32.2. The molecule has 0 radical (unpaired) electrons. The van der Waals surface area contributed by atoms with Crippen molar-refractivity contribution in [1.82, 2.24) is 0 Å². The van der Waals surface area contributed by atoms with Crippen molar-refractivity contribution in [3.63, 3.8) is 0 Å². The second-order valence-electron chi connectivity index (χ2n) is 4.19. The fraction of sp³-hybridized carbons (Fsp3) is 0.500. The molecule has 0 spiro atoms. The van der Waals surface area contributed by atoms with E-state index in [-0.39, 0.29) is 21.5 Å². The van der Waals surface area contributed by atoms with Gasteiger partial charge in [0.05, 0.1) is 12.8 Å². The molecular formula is C10H14N2O4S2. The third-order valence-electron chi connectivity index (χ3n) is 2.55. The van der Waals surface area contributed by atoms with Crippen LogP contribution in [-0.4, -0.2) is 33.8 Å². The van der Waals surface area contributed by atoms with Crippen LogP contribution in [-0.2, 0) is 14.6 Å². The summed E-state index contributed by atoms with van der Waals surface area (Å²) in [6.45, 7) is 0. The molecule has 1 aliphatic carbocycles. The molecule has 0 aromatic carbocycles. The Bertz CT molecular complexity index is 587. The number of nitrogens with two attached hydrogens (primary N) is 1. The van der Waals surface area contributed by atoms with Crippen molar-refractivity contribution in [1.29, 1.82) is 0 Å². The summed E-state index contributed by atoms with van der Waals surface area (Å²) in [5.74, 6) is -0.619. The number of esters is 1. The van der Waals surface area contributed by atoms with E-state index in [1.807, 2.05) is 0 Å². The molecule has 1 saturated carbocycles. The first kappa shape index (κ1) is 13.2. The third kappa shape index (κ3) is 2.44. The molecule has 0 aliphatic heterocycles. The predicted octanol–water partition coefficient (Wildman–Crippen LogP) is 1.09. The number of anilines is 2. The fourth-order valence-electron chi connectivity index (χ4n) is 1.55. The lowest BCUT2D eigenvalue weighted by Gasteiger charge is -2.04. The minimum absolute atomic E-state index is 0.000185. The Hall–Kier alpha value is -1.28. The number of ether oxygens (including phenoxy) is 1. The maximum absolute atomic E-state index is 11.7. The Balaban J connectivity index is 2.52. The number of rotatable bonds is 4. The van der Waals surface area contributed by atoms with Gasteiger partial charge in [-0.25, -0.2) is 13.2 Å². The summed E-state index contributed by atoms with van der Waals surface area (Å²) in [6, 6.07) is 0.272. The van der Waals surface area contributed by atoms with Crippen molar-refractivity contribution < 1.29 is 17.9 Å². The van der Waals surface area contributed by atoms with Crippen molar-refractivity contribution in [2.24, 2.45) is 0 Å². The zero-order chi connectivity index (χ0) is 13.5. The van der Waals surface area contributed by atoms with E-state index in [4.69, 9.17) is 5.73 Å². The average Bonchev–Trinajstić information content (AvgIpc) is 2.99. The fourth-order valence-corrected chi connectivity index (χ4v) is 4.10. The average molecular weight is 290 g/mol. The summed E-state index contributed by atoms with van der Waals surface area (Å²) < 4.78 is 28.1. The minimum atomic E-state index is -3.49. The lowest BCUT2D eigenvalue weighted by molar-refractivity contribution is 0.0607. The minimum Gasteiger partial charge on any atom is -0.465 e. The quantitative estimate of drug-likeness (QED) is 0.806. The van der Waals surface area contributed by atoms with Crippen LogP contribution in [0, 0.1) is 0 Å². The molecule has 3 N–H and O–H groups in total. The first-order chi connectivity index (χ1) is 8.34. The maximum atomic E-state index is 11.7. The van der Waals surface area contributed by atoms with Crippen LogP contribution in [0.5, 0.6) is 0 Å². The van der Waals surface area contributed by atoms with Gasteiger partial charge in [0.1, 0.15) is 14.8 Å². The van der Waals surface area contributed by atoms with Crippen molar-refractivity contribution in [3.8, 4) is 0 Å². The summed E-state index contributed by atoms with van der Waals surface area (Å²) in [4.78, 5) is 11.6. The molecule has 2 rings (SSSR count). The number of hydrogen-bond donors (Lipinski definition) is 2. The lowest BCUT2D eigenvalue weighted by Crippen LogP contribution is -2.08. The first-order valence-corrected chi connectivity index (χ1v) is 8.02. The van der Waals surface area contributed by atoms with Crippen molar-refractivity contribution in [2.75, 3.05) is 24.4 Å². The van der Waals surface area contributed by atoms with Crippen LogP contribution in [0.15, 0.2) is 4.90 Å². The highest BCUT2D eigenvalue weighted by molar-refractivity contribution is 7.91. The van der Waals surface area contributed by atoms with E-state index in [0.29, 0.717) is 5.00 Å². The summed E-state index contributed by atoms with van der Waals surface area (Å²) in [7, 11) is -2.26. The largest absolute Gasteiger partial charge is 0.465 e. The number of hydrogen-bond acceptors (Lipinski definition) is 7. The molecule has 0 saturated heterocycles. The van der Waals surface area contributed by atoms with Gasteiger partial charge in [0.25, 0.3) is 0 Å². The Morgan fingerprint density at radius 3 is 2.56 bits per heavy atom. The summed E-state index contributed by atoms with van der Waals surface area (Å²) in [6.07, 6.45) is 3.06. The topological polar surface area (TPSA) is 98.5 Å². The van der Waals surface area contributed by atoms with E-state index >= 15 is 0 Å². The number of nitrogen functional groups attached to an aromatic ring is 1. The molecular weight excluding hydrogens is 276 g/mol.